The third-order valence-corrected chi connectivity index (χ3v) is 10.8. The summed E-state index contributed by atoms with van der Waals surface area (Å²) in [5.74, 6) is 0.109. The van der Waals surface area contributed by atoms with Crippen LogP contribution in [-0.2, 0) is 16.9 Å². The third-order valence-electron chi connectivity index (χ3n) is 10.8. The highest BCUT2D eigenvalue weighted by atomic mass is 16.6. The molecule has 2 unspecified atom stereocenters. The van der Waals surface area contributed by atoms with Crippen LogP contribution in [0.1, 0.15) is 148 Å². The first-order valence-corrected chi connectivity index (χ1v) is 18.3. The Balaban J connectivity index is 1.49. The number of benzene rings is 3. The number of carbonyl (C=O) groups excluding carboxylic acids is 1. The van der Waals surface area contributed by atoms with Gasteiger partial charge in [0.1, 0.15) is 0 Å². The van der Waals surface area contributed by atoms with Crippen molar-refractivity contribution in [3.8, 4) is 0 Å². The van der Waals surface area contributed by atoms with E-state index in [1.807, 2.05) is 12.1 Å². The van der Waals surface area contributed by atoms with Gasteiger partial charge in [0.2, 0.25) is 0 Å². The minimum Gasteiger partial charge on any atom is -0.440 e. The van der Waals surface area contributed by atoms with Crippen molar-refractivity contribution in [3.05, 3.63) is 112 Å². The molecule has 2 heterocycles. The van der Waals surface area contributed by atoms with Crippen LogP contribution >= 0.6 is 0 Å². The molecule has 1 aliphatic heterocycles. The van der Waals surface area contributed by atoms with Gasteiger partial charge in [0, 0.05) is 45.8 Å². The molecule has 2 atom stereocenters. The number of aryl methyl sites for hydroxylation is 1. The summed E-state index contributed by atoms with van der Waals surface area (Å²) in [6.45, 7) is 10.1. The minimum atomic E-state index is -1.00. The summed E-state index contributed by atoms with van der Waals surface area (Å²) >= 11 is 0. The molecule has 0 radical (unpaired) electrons. The first-order valence-electron chi connectivity index (χ1n) is 18.3. The number of unbranched alkanes of at least 4 members (excludes halogenated alkanes) is 10. The van der Waals surface area contributed by atoms with Gasteiger partial charge in [-0.15, -0.1) is 0 Å². The van der Waals surface area contributed by atoms with Gasteiger partial charge in [0.15, 0.2) is 5.60 Å². The van der Waals surface area contributed by atoms with Crippen molar-refractivity contribution >= 4 is 22.4 Å². The predicted molar refractivity (Wildman–Crippen MR) is 192 cm³/mol. The molecule has 242 valence electrons. The van der Waals surface area contributed by atoms with Gasteiger partial charge in [-0.2, -0.15) is 0 Å². The van der Waals surface area contributed by atoms with Crippen molar-refractivity contribution in [3.63, 3.8) is 0 Å². The van der Waals surface area contributed by atoms with Gasteiger partial charge in [-0.1, -0.05) is 151 Å². The molecular weight excluding hydrogens is 562 g/mol. The number of carbonyl (C=O) groups is 1. The Bertz CT molecular complexity index is 1710. The molecule has 0 spiro atoms. The molecule has 46 heavy (non-hydrogen) atoms. The second kappa shape index (κ2) is 14.4. The zero-order valence-electron chi connectivity index (χ0n) is 28.7. The Morgan fingerprint density at radius 2 is 1.30 bits per heavy atom. The zero-order valence-corrected chi connectivity index (χ0v) is 28.7. The Kier molecular flexibility index (Phi) is 10.2. The van der Waals surface area contributed by atoms with E-state index in [0.717, 1.165) is 30.5 Å². The summed E-state index contributed by atoms with van der Waals surface area (Å²) in [4.78, 5) is 13.9. The van der Waals surface area contributed by atoms with Crippen molar-refractivity contribution in [2.24, 2.45) is 0 Å². The van der Waals surface area contributed by atoms with Crippen molar-refractivity contribution in [1.82, 2.24) is 4.57 Å². The van der Waals surface area contributed by atoms with Crippen LogP contribution in [0.2, 0.25) is 0 Å². The molecule has 1 aliphatic carbocycles. The molecule has 1 aromatic heterocycles. The quantitative estimate of drug-likeness (QED) is 0.0927. The molecule has 6 rings (SSSR count). The van der Waals surface area contributed by atoms with Gasteiger partial charge in [0.25, 0.3) is 0 Å². The number of fused-ring (bicyclic) bond motifs is 3. The maximum atomic E-state index is 13.9. The molecule has 0 saturated carbocycles. The second-order valence-electron chi connectivity index (χ2n) is 13.8. The summed E-state index contributed by atoms with van der Waals surface area (Å²) in [7, 11) is 0. The van der Waals surface area contributed by atoms with E-state index in [4.69, 9.17) is 4.74 Å². The molecule has 0 bridgehead atoms. The number of para-hydroxylation sites is 1. The standard InChI is InChI=1S/C43H53NO2/c1-5-7-9-11-13-15-23-33-31(3)40(35-25-17-16-24-34(33)35)43(38-28-20-18-26-36(38)42(45)46-43)41-32(4)44(30-22-14-12-10-8-6-2)39-29-21-19-27-37(39)41/h16-21,24-29,33H,5-15,22-23,30H2,1-4H3. The number of hydrogen-bond acceptors (Lipinski definition) is 2. The summed E-state index contributed by atoms with van der Waals surface area (Å²) in [6.07, 6.45) is 16.4. The van der Waals surface area contributed by atoms with Gasteiger partial charge >= 0.3 is 5.97 Å². The third kappa shape index (κ3) is 5.76. The largest absolute Gasteiger partial charge is 0.440 e. The lowest BCUT2D eigenvalue weighted by molar-refractivity contribution is 0.0304. The number of allylic oxidation sites excluding steroid dienone is 1. The fourth-order valence-electron chi connectivity index (χ4n) is 8.54. The fourth-order valence-corrected chi connectivity index (χ4v) is 8.54. The number of aromatic nitrogens is 1. The number of nitrogens with zero attached hydrogens (tertiary/aromatic N) is 1. The van der Waals surface area contributed by atoms with Crippen LogP contribution in [0.15, 0.2) is 78.4 Å². The van der Waals surface area contributed by atoms with E-state index < -0.39 is 5.60 Å². The smallest absolute Gasteiger partial charge is 0.340 e. The molecule has 0 fully saturated rings. The number of esters is 1. The molecular formula is C43H53NO2. The van der Waals surface area contributed by atoms with Crippen molar-refractivity contribution in [2.45, 2.75) is 129 Å². The molecule has 2 aliphatic rings. The lowest BCUT2D eigenvalue weighted by atomic mass is 9.75. The molecule has 0 N–H and O–H groups in total. The van der Waals surface area contributed by atoms with Gasteiger partial charge in [-0.25, -0.2) is 4.79 Å². The Hall–Kier alpha value is -3.59. The number of hydrogen-bond donors (Lipinski definition) is 0. The monoisotopic (exact) mass is 615 g/mol. The van der Waals surface area contributed by atoms with Crippen molar-refractivity contribution in [1.29, 1.82) is 0 Å². The average molecular weight is 616 g/mol. The van der Waals surface area contributed by atoms with Gasteiger partial charge in [-0.3, -0.25) is 0 Å². The lowest BCUT2D eigenvalue weighted by Gasteiger charge is -2.33. The molecule has 0 amide bonds. The maximum absolute atomic E-state index is 13.9. The highest BCUT2D eigenvalue weighted by Gasteiger charge is 2.55. The first kappa shape index (κ1) is 32.4. The van der Waals surface area contributed by atoms with Crippen LogP contribution in [0.25, 0.3) is 16.5 Å². The van der Waals surface area contributed by atoms with Crippen molar-refractivity contribution in [2.75, 3.05) is 0 Å². The van der Waals surface area contributed by atoms with E-state index in [0.29, 0.717) is 11.5 Å². The van der Waals surface area contributed by atoms with E-state index in [-0.39, 0.29) is 5.97 Å². The van der Waals surface area contributed by atoms with E-state index in [1.54, 1.807) is 0 Å². The average Bonchev–Trinajstić information content (AvgIpc) is 3.64. The summed E-state index contributed by atoms with van der Waals surface area (Å²) in [6, 6.07) is 25.9. The molecule has 3 nitrogen and oxygen atoms in total. The van der Waals surface area contributed by atoms with Crippen LogP contribution < -0.4 is 0 Å². The van der Waals surface area contributed by atoms with Crippen LogP contribution in [-0.4, -0.2) is 10.5 Å². The summed E-state index contributed by atoms with van der Waals surface area (Å²) in [5.41, 5.74) is 9.41. The van der Waals surface area contributed by atoms with Crippen molar-refractivity contribution < 1.29 is 9.53 Å². The highest BCUT2D eigenvalue weighted by molar-refractivity contribution is 6.04. The maximum Gasteiger partial charge on any atom is 0.340 e. The van der Waals surface area contributed by atoms with E-state index in [1.165, 1.54) is 109 Å². The summed E-state index contributed by atoms with van der Waals surface area (Å²) < 4.78 is 9.40. The Morgan fingerprint density at radius 1 is 0.696 bits per heavy atom. The van der Waals surface area contributed by atoms with Gasteiger partial charge in [-0.05, 0) is 49.9 Å². The van der Waals surface area contributed by atoms with E-state index in [9.17, 15) is 4.79 Å². The predicted octanol–water partition coefficient (Wildman–Crippen LogP) is 12.0. The topological polar surface area (TPSA) is 31.2 Å². The number of rotatable bonds is 16. The van der Waals surface area contributed by atoms with E-state index >= 15 is 0 Å². The lowest BCUT2D eigenvalue weighted by Crippen LogP contribution is -2.31. The SMILES string of the molecule is CCCCCCCCC1C(C)=C(C2(c3c(C)n(CCCCCCCC)c4ccccc34)OC(=O)c3ccccc32)c2ccccc21. The van der Waals surface area contributed by atoms with Crippen LogP contribution in [0.4, 0.5) is 0 Å². The fraction of sp³-hybridized carbons (Fsp3) is 0.465. The number of ether oxygens (including phenoxy) is 1. The number of cyclic esters (lactones) is 1. The second-order valence-corrected chi connectivity index (χ2v) is 13.8. The zero-order chi connectivity index (χ0) is 32.1. The molecule has 3 aromatic carbocycles. The normalized spacial score (nSPS) is 18.8. The highest BCUT2D eigenvalue weighted by Crippen LogP contribution is 2.59. The van der Waals surface area contributed by atoms with Crippen LogP contribution in [0, 0.1) is 6.92 Å². The van der Waals surface area contributed by atoms with Crippen LogP contribution in [0.3, 0.4) is 0 Å². The minimum absolute atomic E-state index is 0.222. The van der Waals surface area contributed by atoms with E-state index in [2.05, 4.69) is 92.9 Å². The first-order chi connectivity index (χ1) is 22.5. The molecule has 4 aromatic rings. The molecule has 0 saturated heterocycles. The van der Waals surface area contributed by atoms with Gasteiger partial charge in [0.05, 0.1) is 5.56 Å². The molecule has 3 heteroatoms. The summed E-state index contributed by atoms with van der Waals surface area (Å²) in [5, 5.41) is 1.19. The van der Waals surface area contributed by atoms with Crippen LogP contribution in [0.5, 0.6) is 0 Å². The Morgan fingerprint density at radius 3 is 2.07 bits per heavy atom. The Labute approximate surface area is 277 Å². The van der Waals surface area contributed by atoms with Gasteiger partial charge < -0.3 is 9.30 Å².